The molecular formula is C8H11BrN2S. The molecule has 0 fully saturated rings. The quantitative estimate of drug-likeness (QED) is 0.820. The summed E-state index contributed by atoms with van der Waals surface area (Å²) in [6.07, 6.45) is 6.61. The number of halogens is 1. The Morgan fingerprint density at radius 1 is 1.50 bits per heavy atom. The molecule has 0 aliphatic heterocycles. The standard InChI is InChI=1S/C8H11BrN2S/c1-6(12-2)3-8-10-4-7(9)5-11-8/h4-6H,3H2,1-2H3. The second-order valence-corrected chi connectivity index (χ2v) is 4.76. The Bertz CT molecular complexity index is 237. The highest BCUT2D eigenvalue weighted by Gasteiger charge is 2.02. The van der Waals surface area contributed by atoms with E-state index in [1.54, 1.807) is 12.4 Å². The third-order valence-corrected chi connectivity index (χ3v) is 2.93. The van der Waals surface area contributed by atoms with Gasteiger partial charge in [-0.3, -0.25) is 0 Å². The number of nitrogens with zero attached hydrogens (tertiary/aromatic N) is 2. The molecule has 66 valence electrons. The summed E-state index contributed by atoms with van der Waals surface area (Å²) in [5, 5.41) is 0.589. The van der Waals surface area contributed by atoms with Crippen molar-refractivity contribution in [2.24, 2.45) is 0 Å². The van der Waals surface area contributed by atoms with Crippen molar-refractivity contribution in [3.8, 4) is 0 Å². The van der Waals surface area contributed by atoms with Crippen LogP contribution in [0.15, 0.2) is 16.9 Å². The van der Waals surface area contributed by atoms with E-state index in [2.05, 4.69) is 39.1 Å². The smallest absolute Gasteiger partial charge is 0.129 e. The van der Waals surface area contributed by atoms with Gasteiger partial charge in [0.1, 0.15) is 5.82 Å². The average molecular weight is 247 g/mol. The number of aromatic nitrogens is 2. The van der Waals surface area contributed by atoms with Gasteiger partial charge in [0.25, 0.3) is 0 Å². The van der Waals surface area contributed by atoms with E-state index in [4.69, 9.17) is 0 Å². The Morgan fingerprint density at radius 3 is 2.58 bits per heavy atom. The average Bonchev–Trinajstić information content (AvgIpc) is 2.09. The second-order valence-electron chi connectivity index (χ2n) is 2.57. The molecule has 1 aromatic heterocycles. The summed E-state index contributed by atoms with van der Waals surface area (Å²) in [5.41, 5.74) is 0. The normalized spacial score (nSPS) is 12.9. The predicted octanol–water partition coefficient (Wildman–Crippen LogP) is 2.53. The predicted molar refractivity (Wildman–Crippen MR) is 56.4 cm³/mol. The first-order chi connectivity index (χ1) is 5.72. The summed E-state index contributed by atoms with van der Waals surface area (Å²) in [6, 6.07) is 0. The Morgan fingerprint density at radius 2 is 2.08 bits per heavy atom. The van der Waals surface area contributed by atoms with Crippen LogP contribution >= 0.6 is 27.7 Å². The molecule has 0 radical (unpaired) electrons. The van der Waals surface area contributed by atoms with Crippen LogP contribution in [-0.4, -0.2) is 21.5 Å². The highest BCUT2D eigenvalue weighted by Crippen LogP contribution is 2.11. The van der Waals surface area contributed by atoms with E-state index in [0.717, 1.165) is 16.7 Å². The fourth-order valence-corrected chi connectivity index (χ4v) is 1.31. The van der Waals surface area contributed by atoms with Gasteiger partial charge in [0.15, 0.2) is 0 Å². The maximum atomic E-state index is 4.19. The van der Waals surface area contributed by atoms with Gasteiger partial charge in [-0.25, -0.2) is 9.97 Å². The van der Waals surface area contributed by atoms with Gasteiger partial charge >= 0.3 is 0 Å². The molecule has 0 saturated carbocycles. The van der Waals surface area contributed by atoms with Crippen molar-refractivity contribution in [2.45, 2.75) is 18.6 Å². The zero-order valence-electron chi connectivity index (χ0n) is 7.12. The molecule has 0 aliphatic rings. The molecule has 1 unspecified atom stereocenters. The van der Waals surface area contributed by atoms with Crippen molar-refractivity contribution in [3.63, 3.8) is 0 Å². The van der Waals surface area contributed by atoms with Crippen LogP contribution < -0.4 is 0 Å². The molecule has 12 heavy (non-hydrogen) atoms. The fourth-order valence-electron chi connectivity index (χ4n) is 0.785. The van der Waals surface area contributed by atoms with E-state index in [0.29, 0.717) is 5.25 Å². The second kappa shape index (κ2) is 4.82. The molecular weight excluding hydrogens is 236 g/mol. The Hall–Kier alpha value is -0.0900. The monoisotopic (exact) mass is 246 g/mol. The molecule has 4 heteroatoms. The summed E-state index contributed by atoms with van der Waals surface area (Å²) < 4.78 is 0.933. The van der Waals surface area contributed by atoms with Crippen LogP contribution in [-0.2, 0) is 6.42 Å². The van der Waals surface area contributed by atoms with Crippen molar-refractivity contribution in [1.29, 1.82) is 0 Å². The largest absolute Gasteiger partial charge is 0.240 e. The molecule has 0 aromatic carbocycles. The molecule has 0 N–H and O–H groups in total. The highest BCUT2D eigenvalue weighted by molar-refractivity contribution is 9.10. The molecule has 0 aliphatic carbocycles. The number of hydrogen-bond donors (Lipinski definition) is 0. The lowest BCUT2D eigenvalue weighted by Gasteiger charge is -2.05. The summed E-state index contributed by atoms with van der Waals surface area (Å²) >= 11 is 5.13. The van der Waals surface area contributed by atoms with E-state index >= 15 is 0 Å². The summed E-state index contributed by atoms with van der Waals surface area (Å²) in [5.74, 6) is 0.917. The van der Waals surface area contributed by atoms with Gasteiger partial charge in [0.2, 0.25) is 0 Å². The molecule has 0 bridgehead atoms. The molecule has 2 nitrogen and oxygen atoms in total. The van der Waals surface area contributed by atoms with Crippen molar-refractivity contribution in [2.75, 3.05) is 6.26 Å². The molecule has 1 aromatic rings. The molecule has 0 spiro atoms. The Balaban J connectivity index is 2.58. The van der Waals surface area contributed by atoms with Crippen LogP contribution in [0.5, 0.6) is 0 Å². The van der Waals surface area contributed by atoms with Gasteiger partial charge in [-0.2, -0.15) is 11.8 Å². The SMILES string of the molecule is CSC(C)Cc1ncc(Br)cn1. The van der Waals surface area contributed by atoms with Crippen LogP contribution in [0.4, 0.5) is 0 Å². The van der Waals surface area contributed by atoms with Crippen molar-refractivity contribution in [3.05, 3.63) is 22.7 Å². The Labute approximate surface area is 85.3 Å². The lowest BCUT2D eigenvalue weighted by molar-refractivity contribution is 0.848. The maximum Gasteiger partial charge on any atom is 0.129 e. The molecule has 0 saturated heterocycles. The molecule has 1 atom stereocenters. The number of rotatable bonds is 3. The van der Waals surface area contributed by atoms with E-state index in [1.807, 2.05) is 11.8 Å². The molecule has 0 amide bonds. The van der Waals surface area contributed by atoms with Crippen LogP contribution in [0.25, 0.3) is 0 Å². The lowest BCUT2D eigenvalue weighted by Crippen LogP contribution is -2.04. The van der Waals surface area contributed by atoms with Gasteiger partial charge in [0, 0.05) is 24.1 Å². The van der Waals surface area contributed by atoms with Gasteiger partial charge in [-0.05, 0) is 22.2 Å². The van der Waals surface area contributed by atoms with Crippen LogP contribution in [0, 0.1) is 0 Å². The highest BCUT2D eigenvalue weighted by atomic mass is 79.9. The number of hydrogen-bond acceptors (Lipinski definition) is 3. The minimum absolute atomic E-state index is 0.589. The van der Waals surface area contributed by atoms with Crippen molar-refractivity contribution in [1.82, 2.24) is 9.97 Å². The van der Waals surface area contributed by atoms with Crippen LogP contribution in [0.2, 0.25) is 0 Å². The minimum atomic E-state index is 0.589. The number of thioether (sulfide) groups is 1. The molecule has 1 rings (SSSR count). The minimum Gasteiger partial charge on any atom is -0.240 e. The van der Waals surface area contributed by atoms with E-state index in [1.165, 1.54) is 0 Å². The van der Waals surface area contributed by atoms with Gasteiger partial charge in [0.05, 0.1) is 4.47 Å². The summed E-state index contributed by atoms with van der Waals surface area (Å²) in [4.78, 5) is 8.39. The van der Waals surface area contributed by atoms with Crippen molar-refractivity contribution < 1.29 is 0 Å². The third-order valence-electron chi connectivity index (χ3n) is 1.55. The summed E-state index contributed by atoms with van der Waals surface area (Å²) in [6.45, 7) is 2.18. The fraction of sp³-hybridized carbons (Fsp3) is 0.500. The van der Waals surface area contributed by atoms with Gasteiger partial charge in [-0.1, -0.05) is 6.92 Å². The summed E-state index contributed by atoms with van der Waals surface area (Å²) in [7, 11) is 0. The Kier molecular flexibility index (Phi) is 4.01. The molecule has 1 heterocycles. The van der Waals surface area contributed by atoms with Gasteiger partial charge in [-0.15, -0.1) is 0 Å². The zero-order valence-corrected chi connectivity index (χ0v) is 9.52. The first-order valence-corrected chi connectivity index (χ1v) is 5.79. The topological polar surface area (TPSA) is 25.8 Å². The van der Waals surface area contributed by atoms with Crippen molar-refractivity contribution >= 4 is 27.7 Å². The maximum absolute atomic E-state index is 4.19. The lowest BCUT2D eigenvalue weighted by atomic mass is 10.3. The first-order valence-electron chi connectivity index (χ1n) is 3.71. The van der Waals surface area contributed by atoms with E-state index in [9.17, 15) is 0 Å². The first kappa shape index (κ1) is 9.99. The van der Waals surface area contributed by atoms with E-state index in [-0.39, 0.29) is 0 Å². The van der Waals surface area contributed by atoms with E-state index < -0.39 is 0 Å². The van der Waals surface area contributed by atoms with Gasteiger partial charge < -0.3 is 0 Å². The van der Waals surface area contributed by atoms with Crippen LogP contribution in [0.1, 0.15) is 12.7 Å². The zero-order chi connectivity index (χ0) is 8.97. The third kappa shape index (κ3) is 3.11. The van der Waals surface area contributed by atoms with Crippen LogP contribution in [0.3, 0.4) is 0 Å².